The van der Waals surface area contributed by atoms with Crippen molar-refractivity contribution in [2.24, 2.45) is 0 Å². The smallest absolute Gasteiger partial charge is 0.257 e. The lowest BCUT2D eigenvalue weighted by Gasteiger charge is -2.15. The first kappa shape index (κ1) is 12.8. The van der Waals surface area contributed by atoms with Gasteiger partial charge in [0.1, 0.15) is 11.6 Å². The van der Waals surface area contributed by atoms with E-state index in [1.165, 1.54) is 24.3 Å². The van der Waals surface area contributed by atoms with Crippen LogP contribution in [0.4, 0.5) is 10.1 Å². The van der Waals surface area contributed by atoms with E-state index in [2.05, 4.69) is 15.3 Å². The molecule has 0 unspecified atom stereocenters. The van der Waals surface area contributed by atoms with E-state index < -0.39 is 0 Å². The van der Waals surface area contributed by atoms with Crippen molar-refractivity contribution in [3.63, 3.8) is 0 Å². The lowest BCUT2D eigenvalue weighted by molar-refractivity contribution is 0.102. The summed E-state index contributed by atoms with van der Waals surface area (Å²) in [5, 5.41) is 2.78. The molecule has 110 valence electrons. The first-order valence-electron chi connectivity index (χ1n) is 7.01. The molecule has 22 heavy (non-hydrogen) atoms. The number of anilines is 1. The van der Waals surface area contributed by atoms with Gasteiger partial charge in [-0.3, -0.25) is 4.79 Å². The van der Waals surface area contributed by atoms with Gasteiger partial charge in [0.25, 0.3) is 5.91 Å². The van der Waals surface area contributed by atoms with E-state index in [4.69, 9.17) is 0 Å². The molecule has 0 saturated carbocycles. The molecule has 1 aliphatic rings. The fourth-order valence-electron chi connectivity index (χ4n) is 2.78. The number of rotatable bonds is 2. The number of imidazole rings is 1. The zero-order valence-electron chi connectivity index (χ0n) is 11.6. The van der Waals surface area contributed by atoms with Gasteiger partial charge in [0.2, 0.25) is 0 Å². The molecule has 3 heterocycles. The Morgan fingerprint density at radius 1 is 1.32 bits per heavy atom. The molecule has 0 saturated heterocycles. The number of nitrogens with one attached hydrogen (secondary N) is 2. The van der Waals surface area contributed by atoms with E-state index in [0.29, 0.717) is 11.3 Å². The van der Waals surface area contributed by atoms with Crippen LogP contribution in [0.5, 0.6) is 0 Å². The minimum Gasteiger partial charge on any atom is -0.364 e. The highest BCUT2D eigenvalue weighted by Gasteiger charge is 2.25. The zero-order chi connectivity index (χ0) is 15.1. The minimum atomic E-state index is -0.334. The highest BCUT2D eigenvalue weighted by atomic mass is 19.1. The molecule has 2 N–H and O–H groups in total. The number of H-pyrrole nitrogens is 1. The number of carbonyl (C=O) groups excluding carboxylic acids is 1. The maximum atomic E-state index is 12.9. The predicted octanol–water partition coefficient (Wildman–Crippen LogP) is 2.83. The molecule has 1 aliphatic heterocycles. The van der Waals surface area contributed by atoms with Gasteiger partial charge < -0.3 is 14.9 Å². The molecule has 1 amide bonds. The summed E-state index contributed by atoms with van der Waals surface area (Å²) in [6, 6.07) is 5.70. The van der Waals surface area contributed by atoms with Crippen molar-refractivity contribution in [2.75, 3.05) is 5.32 Å². The van der Waals surface area contributed by atoms with Gasteiger partial charge in [-0.1, -0.05) is 0 Å². The van der Waals surface area contributed by atoms with Crippen molar-refractivity contribution in [2.45, 2.75) is 13.0 Å². The van der Waals surface area contributed by atoms with Crippen LogP contribution < -0.4 is 5.32 Å². The van der Waals surface area contributed by atoms with Crippen LogP contribution in [0, 0.1) is 5.82 Å². The number of aromatic nitrogens is 3. The normalized spacial score (nSPS) is 12.6. The van der Waals surface area contributed by atoms with E-state index in [1.807, 2.05) is 10.8 Å². The summed E-state index contributed by atoms with van der Waals surface area (Å²) in [6.07, 6.45) is 6.18. The van der Waals surface area contributed by atoms with Crippen LogP contribution in [0.25, 0.3) is 11.4 Å². The SMILES string of the molecule is O=C(Nc1ccc(F)cc1)c1c[nH]c2c1-c1nccn1CC2. The fourth-order valence-corrected chi connectivity index (χ4v) is 2.78. The minimum absolute atomic E-state index is 0.236. The topological polar surface area (TPSA) is 62.7 Å². The number of carbonyl (C=O) groups is 1. The summed E-state index contributed by atoms with van der Waals surface area (Å²) in [5.74, 6) is 0.228. The van der Waals surface area contributed by atoms with Crippen LogP contribution in [0.2, 0.25) is 0 Å². The largest absolute Gasteiger partial charge is 0.364 e. The standard InChI is InChI=1S/C16H13FN4O/c17-10-1-3-11(4-2-10)20-16(22)12-9-19-13-5-7-21-8-6-18-15(21)14(12)13/h1-4,6,8-9,19H,5,7H2,(H,20,22). The Hall–Kier alpha value is -2.89. The number of fused-ring (bicyclic) bond motifs is 3. The molecule has 0 spiro atoms. The number of nitrogens with zero attached hydrogens (tertiary/aromatic N) is 2. The maximum absolute atomic E-state index is 12.9. The third-order valence-corrected chi connectivity index (χ3v) is 3.85. The predicted molar refractivity (Wildman–Crippen MR) is 80.1 cm³/mol. The van der Waals surface area contributed by atoms with Crippen LogP contribution in [0.3, 0.4) is 0 Å². The highest BCUT2D eigenvalue weighted by Crippen LogP contribution is 2.31. The number of aryl methyl sites for hydroxylation is 2. The molecule has 1 aromatic carbocycles. The molecule has 0 radical (unpaired) electrons. The van der Waals surface area contributed by atoms with Gasteiger partial charge in [-0.15, -0.1) is 0 Å². The van der Waals surface area contributed by atoms with Crippen molar-refractivity contribution in [1.82, 2.24) is 14.5 Å². The van der Waals surface area contributed by atoms with Gasteiger partial charge in [0.15, 0.2) is 0 Å². The van der Waals surface area contributed by atoms with Gasteiger partial charge in [0.05, 0.1) is 11.1 Å². The van der Waals surface area contributed by atoms with Gasteiger partial charge in [0, 0.05) is 42.9 Å². The highest BCUT2D eigenvalue weighted by molar-refractivity contribution is 6.08. The second kappa shape index (κ2) is 4.84. The third-order valence-electron chi connectivity index (χ3n) is 3.85. The Kier molecular flexibility index (Phi) is 2.82. The van der Waals surface area contributed by atoms with Crippen LogP contribution in [-0.4, -0.2) is 20.4 Å². The number of hydrogen-bond donors (Lipinski definition) is 2. The zero-order valence-corrected chi connectivity index (χ0v) is 11.6. The summed E-state index contributed by atoms with van der Waals surface area (Å²) in [5.41, 5.74) is 2.96. The summed E-state index contributed by atoms with van der Waals surface area (Å²) in [4.78, 5) is 20.0. The molecule has 0 fully saturated rings. The Morgan fingerprint density at radius 3 is 2.95 bits per heavy atom. The van der Waals surface area contributed by atoms with E-state index in [0.717, 1.165) is 30.0 Å². The number of halogens is 1. The molecule has 0 bridgehead atoms. The molecule has 3 aromatic rings. The van der Waals surface area contributed by atoms with Gasteiger partial charge in [-0.05, 0) is 24.3 Å². The van der Waals surface area contributed by atoms with Gasteiger partial charge in [-0.25, -0.2) is 9.37 Å². The van der Waals surface area contributed by atoms with Gasteiger partial charge in [-0.2, -0.15) is 0 Å². The average Bonchev–Trinajstić information content (AvgIpc) is 3.14. The van der Waals surface area contributed by atoms with E-state index in [-0.39, 0.29) is 11.7 Å². The van der Waals surface area contributed by atoms with Crippen LogP contribution >= 0.6 is 0 Å². The van der Waals surface area contributed by atoms with Crippen LogP contribution in [0.15, 0.2) is 42.9 Å². The van der Waals surface area contributed by atoms with E-state index >= 15 is 0 Å². The molecular weight excluding hydrogens is 283 g/mol. The van der Waals surface area contributed by atoms with Crippen molar-refractivity contribution in [3.05, 3.63) is 59.9 Å². The monoisotopic (exact) mass is 296 g/mol. The fraction of sp³-hybridized carbons (Fsp3) is 0.125. The Balaban J connectivity index is 1.68. The Morgan fingerprint density at radius 2 is 2.14 bits per heavy atom. The van der Waals surface area contributed by atoms with Crippen LogP contribution in [0.1, 0.15) is 16.1 Å². The summed E-state index contributed by atoms with van der Waals surface area (Å²) in [7, 11) is 0. The molecular formula is C16H13FN4O. The second-order valence-corrected chi connectivity index (χ2v) is 5.21. The second-order valence-electron chi connectivity index (χ2n) is 5.21. The Bertz CT molecular complexity index is 847. The lowest BCUT2D eigenvalue weighted by Crippen LogP contribution is -2.15. The summed E-state index contributed by atoms with van der Waals surface area (Å²) < 4.78 is 15.0. The maximum Gasteiger partial charge on any atom is 0.257 e. The number of hydrogen-bond acceptors (Lipinski definition) is 2. The first-order chi connectivity index (χ1) is 10.7. The van der Waals surface area contributed by atoms with Gasteiger partial charge >= 0.3 is 0 Å². The number of benzene rings is 1. The molecule has 6 heteroatoms. The Labute approximate surface area is 125 Å². The number of aromatic amines is 1. The molecule has 5 nitrogen and oxygen atoms in total. The van der Waals surface area contributed by atoms with Crippen LogP contribution in [-0.2, 0) is 13.0 Å². The summed E-state index contributed by atoms with van der Waals surface area (Å²) >= 11 is 0. The first-order valence-corrected chi connectivity index (χ1v) is 7.01. The van der Waals surface area contributed by atoms with E-state index in [9.17, 15) is 9.18 Å². The molecule has 4 rings (SSSR count). The van der Waals surface area contributed by atoms with Crippen molar-refractivity contribution < 1.29 is 9.18 Å². The third kappa shape index (κ3) is 2.00. The molecule has 0 atom stereocenters. The van der Waals surface area contributed by atoms with Crippen molar-refractivity contribution >= 4 is 11.6 Å². The quantitative estimate of drug-likeness (QED) is 0.764. The number of amides is 1. The van der Waals surface area contributed by atoms with Crippen molar-refractivity contribution in [1.29, 1.82) is 0 Å². The van der Waals surface area contributed by atoms with Crippen molar-refractivity contribution in [3.8, 4) is 11.4 Å². The average molecular weight is 296 g/mol. The molecule has 2 aromatic heterocycles. The van der Waals surface area contributed by atoms with E-state index in [1.54, 1.807) is 12.4 Å². The molecule has 0 aliphatic carbocycles. The lowest BCUT2D eigenvalue weighted by atomic mass is 10.0. The summed E-state index contributed by atoms with van der Waals surface area (Å²) in [6.45, 7) is 0.849.